The average Bonchev–Trinajstić information content (AvgIpc) is 2.71. The smallest absolute Gasteiger partial charge is 0.249 e. The minimum atomic E-state index is -0.149. The minimum absolute atomic E-state index is 0.147. The molecule has 16 heavy (non-hydrogen) atoms. The number of carbonyl (C=O) groups is 1. The standard InChI is InChI=1S/C9H15N5O2/c1-2-7(15)14-8(10)11-9(12-14)13-3-5-16-6-4-13/h2-6H2,1H3,(H2,10,11,12). The minimum Gasteiger partial charge on any atom is -0.378 e. The molecule has 0 saturated carbocycles. The molecule has 2 N–H and O–H groups in total. The van der Waals surface area contributed by atoms with E-state index in [0.29, 0.717) is 25.6 Å². The number of rotatable bonds is 2. The normalized spacial score (nSPS) is 16.4. The van der Waals surface area contributed by atoms with Crippen molar-refractivity contribution in [1.29, 1.82) is 0 Å². The first-order chi connectivity index (χ1) is 7.72. The molecule has 1 fully saturated rings. The molecular weight excluding hydrogens is 210 g/mol. The number of ether oxygens (including phenoxy) is 1. The number of hydrogen-bond acceptors (Lipinski definition) is 6. The van der Waals surface area contributed by atoms with E-state index in [-0.39, 0.29) is 11.9 Å². The summed E-state index contributed by atoms with van der Waals surface area (Å²) in [7, 11) is 0. The molecule has 1 aromatic heterocycles. The van der Waals surface area contributed by atoms with Gasteiger partial charge in [0.2, 0.25) is 17.8 Å². The fourth-order valence-corrected chi connectivity index (χ4v) is 1.54. The van der Waals surface area contributed by atoms with Crippen molar-refractivity contribution in [3.05, 3.63) is 0 Å². The Morgan fingerprint density at radius 3 is 2.81 bits per heavy atom. The van der Waals surface area contributed by atoms with Gasteiger partial charge in [0.05, 0.1) is 13.2 Å². The number of aromatic nitrogens is 3. The molecule has 0 aliphatic carbocycles. The molecule has 0 aromatic carbocycles. The molecule has 0 atom stereocenters. The lowest BCUT2D eigenvalue weighted by Gasteiger charge is -2.25. The highest BCUT2D eigenvalue weighted by Crippen LogP contribution is 2.12. The number of anilines is 2. The molecule has 0 radical (unpaired) electrons. The zero-order valence-electron chi connectivity index (χ0n) is 9.22. The summed E-state index contributed by atoms with van der Waals surface area (Å²) < 4.78 is 6.38. The van der Waals surface area contributed by atoms with Crippen molar-refractivity contribution >= 4 is 17.8 Å². The van der Waals surface area contributed by atoms with Crippen molar-refractivity contribution in [2.24, 2.45) is 0 Å². The summed E-state index contributed by atoms with van der Waals surface area (Å²) in [5.41, 5.74) is 5.64. The number of hydrogen-bond donors (Lipinski definition) is 1. The third-order valence-corrected chi connectivity index (χ3v) is 2.45. The highest BCUT2D eigenvalue weighted by atomic mass is 16.5. The van der Waals surface area contributed by atoms with Gasteiger partial charge < -0.3 is 15.4 Å². The molecule has 1 aliphatic heterocycles. The molecule has 7 nitrogen and oxygen atoms in total. The van der Waals surface area contributed by atoms with Gasteiger partial charge in [-0.15, -0.1) is 5.10 Å². The van der Waals surface area contributed by atoms with Crippen LogP contribution in [0.4, 0.5) is 11.9 Å². The fraction of sp³-hybridized carbons (Fsp3) is 0.667. The van der Waals surface area contributed by atoms with Crippen molar-refractivity contribution in [3.63, 3.8) is 0 Å². The van der Waals surface area contributed by atoms with Gasteiger partial charge in [0.15, 0.2) is 0 Å². The first kappa shape index (κ1) is 10.9. The molecule has 88 valence electrons. The number of carbonyl (C=O) groups excluding carboxylic acids is 1. The molecule has 0 amide bonds. The van der Waals surface area contributed by atoms with Crippen molar-refractivity contribution in [1.82, 2.24) is 14.8 Å². The Balaban J connectivity index is 2.19. The largest absolute Gasteiger partial charge is 0.378 e. The molecule has 0 bridgehead atoms. The third-order valence-electron chi connectivity index (χ3n) is 2.45. The Kier molecular flexibility index (Phi) is 3.04. The Labute approximate surface area is 93.2 Å². The van der Waals surface area contributed by atoms with Crippen LogP contribution in [-0.4, -0.2) is 47.0 Å². The Bertz CT molecular complexity index is 383. The molecule has 2 rings (SSSR count). The van der Waals surface area contributed by atoms with Crippen LogP contribution in [0.5, 0.6) is 0 Å². The van der Waals surface area contributed by atoms with E-state index in [1.54, 1.807) is 6.92 Å². The van der Waals surface area contributed by atoms with Gasteiger partial charge in [-0.2, -0.15) is 9.67 Å². The molecule has 0 unspecified atom stereocenters. The molecular formula is C9H15N5O2. The summed E-state index contributed by atoms with van der Waals surface area (Å²) >= 11 is 0. The second kappa shape index (κ2) is 4.48. The van der Waals surface area contributed by atoms with Crippen molar-refractivity contribution in [2.75, 3.05) is 36.9 Å². The quantitative estimate of drug-likeness (QED) is 0.746. The monoisotopic (exact) mass is 225 g/mol. The van der Waals surface area contributed by atoms with Crippen molar-refractivity contribution in [2.45, 2.75) is 13.3 Å². The average molecular weight is 225 g/mol. The van der Waals surface area contributed by atoms with Crippen LogP contribution in [0.2, 0.25) is 0 Å². The summed E-state index contributed by atoms with van der Waals surface area (Å²) in [6.45, 7) is 4.51. The Hall–Kier alpha value is -1.63. The van der Waals surface area contributed by atoms with Crippen molar-refractivity contribution < 1.29 is 9.53 Å². The van der Waals surface area contributed by atoms with E-state index in [0.717, 1.165) is 17.8 Å². The first-order valence-corrected chi connectivity index (χ1v) is 5.30. The second-order valence-electron chi connectivity index (χ2n) is 3.53. The topological polar surface area (TPSA) is 86.3 Å². The van der Waals surface area contributed by atoms with Gasteiger partial charge in [-0.05, 0) is 0 Å². The predicted molar refractivity (Wildman–Crippen MR) is 58.4 cm³/mol. The van der Waals surface area contributed by atoms with E-state index < -0.39 is 0 Å². The van der Waals surface area contributed by atoms with Crippen LogP contribution in [0.15, 0.2) is 0 Å². The molecule has 0 spiro atoms. The van der Waals surface area contributed by atoms with Crippen LogP contribution < -0.4 is 10.6 Å². The highest BCUT2D eigenvalue weighted by Gasteiger charge is 2.19. The molecule has 1 aromatic rings. The van der Waals surface area contributed by atoms with Gasteiger partial charge in [0, 0.05) is 19.5 Å². The van der Waals surface area contributed by atoms with E-state index in [2.05, 4.69) is 10.1 Å². The summed E-state index contributed by atoms with van der Waals surface area (Å²) in [5, 5.41) is 4.11. The lowest BCUT2D eigenvalue weighted by Crippen LogP contribution is -2.37. The molecule has 1 saturated heterocycles. The van der Waals surface area contributed by atoms with Crippen LogP contribution >= 0.6 is 0 Å². The number of nitrogens with zero attached hydrogens (tertiary/aromatic N) is 4. The van der Waals surface area contributed by atoms with E-state index in [1.165, 1.54) is 0 Å². The van der Waals surface area contributed by atoms with Gasteiger partial charge in [-0.1, -0.05) is 6.92 Å². The Morgan fingerprint density at radius 2 is 2.19 bits per heavy atom. The highest BCUT2D eigenvalue weighted by molar-refractivity contribution is 5.80. The zero-order valence-corrected chi connectivity index (χ0v) is 9.22. The number of morpholine rings is 1. The van der Waals surface area contributed by atoms with Gasteiger partial charge in [-0.25, -0.2) is 0 Å². The van der Waals surface area contributed by atoms with E-state index in [4.69, 9.17) is 10.5 Å². The number of nitrogens with two attached hydrogens (primary N) is 1. The van der Waals surface area contributed by atoms with Gasteiger partial charge in [0.1, 0.15) is 0 Å². The summed E-state index contributed by atoms with van der Waals surface area (Å²) in [5.74, 6) is 0.500. The summed E-state index contributed by atoms with van der Waals surface area (Å²) in [4.78, 5) is 17.5. The van der Waals surface area contributed by atoms with Crippen LogP contribution in [0.1, 0.15) is 18.1 Å². The third kappa shape index (κ3) is 1.99. The molecule has 2 heterocycles. The maximum Gasteiger partial charge on any atom is 0.249 e. The molecule has 7 heteroatoms. The van der Waals surface area contributed by atoms with Gasteiger partial charge in [-0.3, -0.25) is 4.79 Å². The van der Waals surface area contributed by atoms with Crippen LogP contribution in [0.3, 0.4) is 0 Å². The fourth-order valence-electron chi connectivity index (χ4n) is 1.54. The van der Waals surface area contributed by atoms with Gasteiger partial charge >= 0.3 is 0 Å². The maximum atomic E-state index is 11.5. The Morgan fingerprint density at radius 1 is 1.50 bits per heavy atom. The summed E-state index contributed by atoms with van der Waals surface area (Å²) in [6, 6.07) is 0. The van der Waals surface area contributed by atoms with E-state index >= 15 is 0 Å². The van der Waals surface area contributed by atoms with Crippen LogP contribution in [0, 0.1) is 0 Å². The summed E-state index contributed by atoms with van der Waals surface area (Å²) in [6.07, 6.45) is 0.357. The number of nitrogen functional groups attached to an aromatic ring is 1. The first-order valence-electron chi connectivity index (χ1n) is 5.30. The zero-order chi connectivity index (χ0) is 11.5. The molecule has 1 aliphatic rings. The maximum absolute atomic E-state index is 11.5. The van der Waals surface area contributed by atoms with E-state index in [1.807, 2.05) is 4.90 Å². The lowest BCUT2D eigenvalue weighted by atomic mass is 10.4. The van der Waals surface area contributed by atoms with Gasteiger partial charge in [0.25, 0.3) is 0 Å². The van der Waals surface area contributed by atoms with Crippen LogP contribution in [0.25, 0.3) is 0 Å². The SMILES string of the molecule is CCC(=O)n1nc(N2CCOCC2)nc1N. The van der Waals surface area contributed by atoms with Crippen LogP contribution in [-0.2, 0) is 4.74 Å². The van der Waals surface area contributed by atoms with E-state index in [9.17, 15) is 4.79 Å². The lowest BCUT2D eigenvalue weighted by molar-refractivity contribution is 0.0895. The van der Waals surface area contributed by atoms with Crippen molar-refractivity contribution in [3.8, 4) is 0 Å². The predicted octanol–water partition coefficient (Wildman–Crippen LogP) is -0.253. The second-order valence-corrected chi connectivity index (χ2v) is 3.53.